The lowest BCUT2D eigenvalue weighted by molar-refractivity contribution is 0.460. The maximum absolute atomic E-state index is 5.84. The van der Waals surface area contributed by atoms with Crippen LogP contribution in [0.1, 0.15) is 50.8 Å². The summed E-state index contributed by atoms with van der Waals surface area (Å²) in [5.74, 6) is 1.98. The third-order valence-electron chi connectivity index (χ3n) is 3.54. The van der Waals surface area contributed by atoms with E-state index >= 15 is 0 Å². The van der Waals surface area contributed by atoms with Gasteiger partial charge in [0.25, 0.3) is 0 Å². The van der Waals surface area contributed by atoms with Gasteiger partial charge in [0.15, 0.2) is 0 Å². The fourth-order valence-corrected chi connectivity index (χ4v) is 2.22. The van der Waals surface area contributed by atoms with Gasteiger partial charge in [0.2, 0.25) is 5.88 Å². The highest BCUT2D eigenvalue weighted by molar-refractivity contribution is 5.33. The maximum Gasteiger partial charge on any atom is 0.219 e. The van der Waals surface area contributed by atoms with Crippen LogP contribution in [-0.4, -0.2) is 11.5 Å². The van der Waals surface area contributed by atoms with Gasteiger partial charge < -0.3 is 10.1 Å². The highest BCUT2D eigenvalue weighted by Crippen LogP contribution is 2.24. The molecular formula is C18H24N2O. The average Bonchev–Trinajstić information content (AvgIpc) is 2.48. The summed E-state index contributed by atoms with van der Waals surface area (Å²) in [5, 5.41) is 3.39. The predicted molar refractivity (Wildman–Crippen MR) is 86.9 cm³/mol. The summed E-state index contributed by atoms with van der Waals surface area (Å²) in [6, 6.07) is 12.5. The van der Waals surface area contributed by atoms with Crippen molar-refractivity contribution in [3.05, 3.63) is 53.7 Å². The van der Waals surface area contributed by atoms with Gasteiger partial charge in [-0.25, -0.2) is 4.98 Å². The van der Waals surface area contributed by atoms with E-state index in [0.29, 0.717) is 17.8 Å². The van der Waals surface area contributed by atoms with Crippen LogP contribution in [0.4, 0.5) is 0 Å². The molecule has 21 heavy (non-hydrogen) atoms. The largest absolute Gasteiger partial charge is 0.439 e. The number of ether oxygens (including phenoxy) is 1. The molecule has 0 bridgehead atoms. The molecule has 112 valence electrons. The molecule has 0 amide bonds. The molecule has 0 aliphatic heterocycles. The van der Waals surface area contributed by atoms with Crippen molar-refractivity contribution in [1.29, 1.82) is 0 Å². The monoisotopic (exact) mass is 284 g/mol. The highest BCUT2D eigenvalue weighted by atomic mass is 16.5. The molecule has 1 atom stereocenters. The second-order valence-electron chi connectivity index (χ2n) is 5.53. The number of aromatic nitrogens is 1. The van der Waals surface area contributed by atoms with Crippen LogP contribution in [0.5, 0.6) is 11.6 Å². The molecule has 0 aliphatic carbocycles. The standard InChI is InChI=1S/C18H24N2O/c1-5-19-14(4)16-10-11-20-18(12-16)21-17-8-6-15(7-9-17)13(2)3/h6-14,19H,5H2,1-4H3. The first-order valence-corrected chi connectivity index (χ1v) is 7.57. The summed E-state index contributed by atoms with van der Waals surface area (Å²) in [6.07, 6.45) is 1.79. The van der Waals surface area contributed by atoms with Crippen LogP contribution in [0.15, 0.2) is 42.6 Å². The number of hydrogen-bond donors (Lipinski definition) is 1. The lowest BCUT2D eigenvalue weighted by Crippen LogP contribution is -2.17. The molecule has 3 nitrogen and oxygen atoms in total. The van der Waals surface area contributed by atoms with Gasteiger partial charge in [-0.2, -0.15) is 0 Å². The van der Waals surface area contributed by atoms with Gasteiger partial charge in [0.05, 0.1) is 0 Å². The van der Waals surface area contributed by atoms with E-state index in [1.165, 1.54) is 11.1 Å². The number of hydrogen-bond acceptors (Lipinski definition) is 3. The van der Waals surface area contributed by atoms with Crippen molar-refractivity contribution in [2.24, 2.45) is 0 Å². The van der Waals surface area contributed by atoms with Gasteiger partial charge in [0.1, 0.15) is 5.75 Å². The number of benzene rings is 1. The molecule has 1 aromatic carbocycles. The normalized spacial score (nSPS) is 12.4. The second-order valence-corrected chi connectivity index (χ2v) is 5.53. The van der Waals surface area contributed by atoms with E-state index < -0.39 is 0 Å². The van der Waals surface area contributed by atoms with Crippen LogP contribution >= 0.6 is 0 Å². The van der Waals surface area contributed by atoms with Crippen molar-refractivity contribution >= 4 is 0 Å². The molecule has 2 rings (SSSR count). The molecule has 1 aromatic heterocycles. The van der Waals surface area contributed by atoms with Crippen LogP contribution in [0.3, 0.4) is 0 Å². The lowest BCUT2D eigenvalue weighted by Gasteiger charge is -2.14. The first kappa shape index (κ1) is 15.5. The van der Waals surface area contributed by atoms with Gasteiger partial charge in [-0.05, 0) is 48.7 Å². The minimum Gasteiger partial charge on any atom is -0.439 e. The Morgan fingerprint density at radius 3 is 2.38 bits per heavy atom. The summed E-state index contributed by atoms with van der Waals surface area (Å²) in [4.78, 5) is 4.28. The summed E-state index contributed by atoms with van der Waals surface area (Å²) in [6.45, 7) is 9.55. The van der Waals surface area contributed by atoms with Crippen molar-refractivity contribution in [3.63, 3.8) is 0 Å². The molecule has 1 heterocycles. The number of nitrogens with one attached hydrogen (secondary N) is 1. The zero-order valence-corrected chi connectivity index (χ0v) is 13.3. The molecule has 0 saturated carbocycles. The lowest BCUT2D eigenvalue weighted by atomic mass is 10.0. The van der Waals surface area contributed by atoms with E-state index in [-0.39, 0.29) is 0 Å². The van der Waals surface area contributed by atoms with Crippen molar-refractivity contribution < 1.29 is 4.74 Å². The molecule has 2 aromatic rings. The smallest absolute Gasteiger partial charge is 0.219 e. The zero-order chi connectivity index (χ0) is 15.2. The highest BCUT2D eigenvalue weighted by Gasteiger charge is 2.07. The van der Waals surface area contributed by atoms with Crippen molar-refractivity contribution in [3.8, 4) is 11.6 Å². The molecule has 0 fully saturated rings. The molecule has 1 unspecified atom stereocenters. The predicted octanol–water partition coefficient (Wildman–Crippen LogP) is 4.67. The van der Waals surface area contributed by atoms with Crippen molar-refractivity contribution in [2.45, 2.75) is 39.7 Å². The van der Waals surface area contributed by atoms with Crippen LogP contribution in [0, 0.1) is 0 Å². The Morgan fingerprint density at radius 1 is 1.05 bits per heavy atom. The third kappa shape index (κ3) is 4.30. The van der Waals surface area contributed by atoms with Crippen LogP contribution < -0.4 is 10.1 Å². The minimum absolute atomic E-state index is 0.295. The SMILES string of the molecule is CCNC(C)c1ccnc(Oc2ccc(C(C)C)cc2)c1. The Morgan fingerprint density at radius 2 is 1.76 bits per heavy atom. The van der Waals surface area contributed by atoms with Crippen LogP contribution in [0.2, 0.25) is 0 Å². The van der Waals surface area contributed by atoms with E-state index in [4.69, 9.17) is 4.74 Å². The van der Waals surface area contributed by atoms with E-state index in [9.17, 15) is 0 Å². The Kier molecular flexibility index (Phi) is 5.34. The number of nitrogens with zero attached hydrogens (tertiary/aromatic N) is 1. The molecule has 0 aliphatic rings. The Bertz CT molecular complexity index is 564. The summed E-state index contributed by atoms with van der Waals surface area (Å²) in [7, 11) is 0. The summed E-state index contributed by atoms with van der Waals surface area (Å²) in [5.41, 5.74) is 2.49. The van der Waals surface area contributed by atoms with Gasteiger partial charge in [-0.3, -0.25) is 0 Å². The number of rotatable bonds is 6. The minimum atomic E-state index is 0.295. The van der Waals surface area contributed by atoms with E-state index in [2.05, 4.69) is 50.1 Å². The van der Waals surface area contributed by atoms with E-state index in [1.807, 2.05) is 24.3 Å². The fraction of sp³-hybridized carbons (Fsp3) is 0.389. The second kappa shape index (κ2) is 7.23. The Balaban J connectivity index is 2.10. The quantitative estimate of drug-likeness (QED) is 0.837. The molecule has 1 N–H and O–H groups in total. The molecule has 0 radical (unpaired) electrons. The maximum atomic E-state index is 5.84. The van der Waals surface area contributed by atoms with E-state index in [1.54, 1.807) is 6.20 Å². The Labute approximate surface area is 127 Å². The van der Waals surface area contributed by atoms with Gasteiger partial charge in [-0.15, -0.1) is 0 Å². The van der Waals surface area contributed by atoms with Gasteiger partial charge in [0, 0.05) is 18.3 Å². The first-order valence-electron chi connectivity index (χ1n) is 7.57. The molecule has 3 heteroatoms. The summed E-state index contributed by atoms with van der Waals surface area (Å²) < 4.78 is 5.84. The average molecular weight is 284 g/mol. The fourth-order valence-electron chi connectivity index (χ4n) is 2.22. The van der Waals surface area contributed by atoms with Crippen molar-refractivity contribution in [2.75, 3.05) is 6.54 Å². The third-order valence-corrected chi connectivity index (χ3v) is 3.54. The molecule has 0 saturated heterocycles. The van der Waals surface area contributed by atoms with Crippen LogP contribution in [0.25, 0.3) is 0 Å². The topological polar surface area (TPSA) is 34.2 Å². The van der Waals surface area contributed by atoms with Crippen LogP contribution in [-0.2, 0) is 0 Å². The Hall–Kier alpha value is -1.87. The zero-order valence-electron chi connectivity index (χ0n) is 13.3. The molecule has 0 spiro atoms. The summed E-state index contributed by atoms with van der Waals surface area (Å²) >= 11 is 0. The van der Waals surface area contributed by atoms with Gasteiger partial charge in [-0.1, -0.05) is 32.9 Å². The van der Waals surface area contributed by atoms with Crippen molar-refractivity contribution in [1.82, 2.24) is 10.3 Å². The van der Waals surface area contributed by atoms with Gasteiger partial charge >= 0.3 is 0 Å². The molecular weight excluding hydrogens is 260 g/mol. The first-order chi connectivity index (χ1) is 10.1. The van der Waals surface area contributed by atoms with E-state index in [0.717, 1.165) is 12.3 Å². The number of pyridine rings is 1.